The topological polar surface area (TPSA) is 101 Å². The Kier molecular flexibility index (Phi) is 4.87. The summed E-state index contributed by atoms with van der Waals surface area (Å²) in [6, 6.07) is 13.9. The van der Waals surface area contributed by atoms with Crippen LogP contribution in [0.4, 0.5) is 5.69 Å². The standard InChI is InChI=1S/C17H18N2O5S2/c1-13(14-5-3-2-4-6-14)18-26(23,24)16-9-7-15(8-10-16)19-17(20)11-12-25(19,21)22/h2-10,13,18H,11-12H2,1H3/t13-/m1/s1. The van der Waals surface area contributed by atoms with Crippen molar-refractivity contribution in [2.75, 3.05) is 10.1 Å². The van der Waals surface area contributed by atoms with Crippen molar-refractivity contribution in [1.82, 2.24) is 4.72 Å². The molecule has 1 amide bonds. The van der Waals surface area contributed by atoms with Crippen LogP contribution in [0.3, 0.4) is 0 Å². The highest BCUT2D eigenvalue weighted by Gasteiger charge is 2.36. The van der Waals surface area contributed by atoms with Crippen molar-refractivity contribution in [2.24, 2.45) is 0 Å². The van der Waals surface area contributed by atoms with Gasteiger partial charge in [-0.25, -0.2) is 25.9 Å². The highest BCUT2D eigenvalue weighted by atomic mass is 32.2. The molecule has 1 fully saturated rings. The van der Waals surface area contributed by atoms with Gasteiger partial charge < -0.3 is 0 Å². The Bertz CT molecular complexity index is 1020. The van der Waals surface area contributed by atoms with Crippen LogP contribution in [0, 0.1) is 0 Å². The first-order chi connectivity index (χ1) is 12.2. The average molecular weight is 394 g/mol. The van der Waals surface area contributed by atoms with Gasteiger partial charge in [-0.2, -0.15) is 0 Å². The van der Waals surface area contributed by atoms with Gasteiger partial charge in [0.2, 0.25) is 26.0 Å². The lowest BCUT2D eigenvalue weighted by molar-refractivity contribution is -0.116. The number of benzene rings is 2. The van der Waals surface area contributed by atoms with Gasteiger partial charge in [0.15, 0.2) is 0 Å². The van der Waals surface area contributed by atoms with Gasteiger partial charge in [0.05, 0.1) is 16.3 Å². The van der Waals surface area contributed by atoms with Crippen molar-refractivity contribution >= 4 is 31.6 Å². The van der Waals surface area contributed by atoms with Gasteiger partial charge >= 0.3 is 0 Å². The maximum absolute atomic E-state index is 12.5. The molecule has 0 bridgehead atoms. The van der Waals surface area contributed by atoms with Crippen LogP contribution in [0.2, 0.25) is 0 Å². The molecule has 2 aromatic rings. The van der Waals surface area contributed by atoms with Crippen molar-refractivity contribution in [3.05, 3.63) is 60.2 Å². The summed E-state index contributed by atoms with van der Waals surface area (Å²) in [7, 11) is -7.47. The summed E-state index contributed by atoms with van der Waals surface area (Å²) >= 11 is 0. The van der Waals surface area contributed by atoms with E-state index in [1.165, 1.54) is 24.3 Å². The minimum atomic E-state index is -3.79. The van der Waals surface area contributed by atoms with Crippen molar-refractivity contribution in [1.29, 1.82) is 0 Å². The second-order valence-corrected chi connectivity index (χ2v) is 9.62. The molecule has 0 radical (unpaired) electrons. The molecular formula is C17H18N2O5S2. The summed E-state index contributed by atoms with van der Waals surface area (Å²) < 4.78 is 52.2. The number of hydrogen-bond acceptors (Lipinski definition) is 5. The molecule has 0 aromatic heterocycles. The maximum atomic E-state index is 12.5. The van der Waals surface area contributed by atoms with Crippen LogP contribution in [0.25, 0.3) is 0 Å². The summed E-state index contributed by atoms with van der Waals surface area (Å²) in [5, 5.41) is 0. The van der Waals surface area contributed by atoms with Crippen LogP contribution < -0.4 is 9.03 Å². The maximum Gasteiger partial charge on any atom is 0.242 e. The van der Waals surface area contributed by atoms with E-state index >= 15 is 0 Å². The third-order valence-corrected chi connectivity index (χ3v) is 7.34. The second kappa shape index (κ2) is 6.82. The molecule has 9 heteroatoms. The van der Waals surface area contributed by atoms with E-state index in [9.17, 15) is 21.6 Å². The third-order valence-electron chi connectivity index (χ3n) is 4.09. The first-order valence-electron chi connectivity index (χ1n) is 7.94. The molecule has 0 spiro atoms. The smallest absolute Gasteiger partial charge is 0.242 e. The number of sulfonamides is 2. The number of nitrogens with one attached hydrogen (secondary N) is 1. The molecule has 1 saturated heterocycles. The zero-order valence-electron chi connectivity index (χ0n) is 14.0. The number of hydrogen-bond donors (Lipinski definition) is 1. The zero-order chi connectivity index (χ0) is 18.9. The molecule has 1 N–H and O–H groups in total. The third kappa shape index (κ3) is 3.64. The normalized spacial score (nSPS) is 18.0. The van der Waals surface area contributed by atoms with Gasteiger partial charge in [0, 0.05) is 12.5 Å². The lowest BCUT2D eigenvalue weighted by atomic mass is 10.1. The number of nitrogens with zero attached hydrogens (tertiary/aromatic N) is 1. The van der Waals surface area contributed by atoms with E-state index < -0.39 is 32.0 Å². The molecule has 1 heterocycles. The van der Waals surface area contributed by atoms with E-state index in [4.69, 9.17) is 0 Å². The minimum Gasteiger partial charge on any atom is -0.273 e. The van der Waals surface area contributed by atoms with E-state index in [2.05, 4.69) is 4.72 Å². The van der Waals surface area contributed by atoms with Crippen LogP contribution in [-0.4, -0.2) is 28.5 Å². The van der Waals surface area contributed by atoms with Crippen LogP contribution in [0.5, 0.6) is 0 Å². The summed E-state index contributed by atoms with van der Waals surface area (Å²) in [6.45, 7) is 1.73. The summed E-state index contributed by atoms with van der Waals surface area (Å²) in [6.07, 6.45) is -0.0709. The number of amides is 1. The largest absolute Gasteiger partial charge is 0.273 e. The molecule has 1 aliphatic heterocycles. The van der Waals surface area contributed by atoms with Crippen molar-refractivity contribution in [3.63, 3.8) is 0 Å². The van der Waals surface area contributed by atoms with E-state index in [-0.39, 0.29) is 22.8 Å². The van der Waals surface area contributed by atoms with E-state index in [0.717, 1.165) is 9.87 Å². The molecule has 26 heavy (non-hydrogen) atoms. The molecule has 0 saturated carbocycles. The summed E-state index contributed by atoms with van der Waals surface area (Å²) in [4.78, 5) is 11.8. The Labute approximate surface area is 152 Å². The molecule has 1 aliphatic rings. The first-order valence-corrected chi connectivity index (χ1v) is 11.0. The van der Waals surface area contributed by atoms with E-state index in [1.807, 2.05) is 30.3 Å². The highest BCUT2D eigenvalue weighted by Crippen LogP contribution is 2.26. The fourth-order valence-electron chi connectivity index (χ4n) is 2.74. The Hall–Kier alpha value is -2.23. The lowest BCUT2D eigenvalue weighted by Gasteiger charge is -2.17. The van der Waals surface area contributed by atoms with E-state index in [0.29, 0.717) is 0 Å². The molecule has 0 unspecified atom stereocenters. The molecule has 3 rings (SSSR count). The van der Waals surface area contributed by atoms with Crippen molar-refractivity contribution < 1.29 is 21.6 Å². The van der Waals surface area contributed by atoms with Gasteiger partial charge in [-0.15, -0.1) is 0 Å². The Morgan fingerprint density at radius 1 is 1.04 bits per heavy atom. The number of rotatable bonds is 5. The fourth-order valence-corrected chi connectivity index (χ4v) is 5.43. The number of anilines is 1. The quantitative estimate of drug-likeness (QED) is 0.833. The highest BCUT2D eigenvalue weighted by molar-refractivity contribution is 7.94. The molecule has 0 aliphatic carbocycles. The van der Waals surface area contributed by atoms with Crippen LogP contribution in [0.1, 0.15) is 24.9 Å². The zero-order valence-corrected chi connectivity index (χ0v) is 15.6. The SMILES string of the molecule is C[C@@H](NS(=O)(=O)c1ccc(N2C(=O)CCS2(=O)=O)cc1)c1ccccc1. The number of carbonyl (C=O) groups is 1. The van der Waals surface area contributed by atoms with Crippen LogP contribution in [0.15, 0.2) is 59.5 Å². The lowest BCUT2D eigenvalue weighted by Crippen LogP contribution is -2.29. The average Bonchev–Trinajstić information content (AvgIpc) is 2.88. The first kappa shape index (κ1) is 18.6. The minimum absolute atomic E-state index is 0.00641. The van der Waals surface area contributed by atoms with Gasteiger partial charge in [0.25, 0.3) is 0 Å². The molecule has 2 aromatic carbocycles. The van der Waals surface area contributed by atoms with Crippen LogP contribution in [-0.2, 0) is 24.8 Å². The number of carbonyl (C=O) groups excluding carboxylic acids is 1. The van der Waals surface area contributed by atoms with Gasteiger partial charge in [-0.3, -0.25) is 4.79 Å². The molecular weight excluding hydrogens is 376 g/mol. The van der Waals surface area contributed by atoms with Gasteiger partial charge in [-0.1, -0.05) is 30.3 Å². The second-order valence-electron chi connectivity index (χ2n) is 5.97. The van der Waals surface area contributed by atoms with Crippen molar-refractivity contribution in [3.8, 4) is 0 Å². The van der Waals surface area contributed by atoms with Crippen molar-refractivity contribution in [2.45, 2.75) is 24.3 Å². The van der Waals surface area contributed by atoms with Crippen LogP contribution >= 0.6 is 0 Å². The molecule has 1 atom stereocenters. The Balaban J connectivity index is 1.82. The predicted octanol–water partition coefficient (Wildman–Crippen LogP) is 1.79. The molecule has 7 nitrogen and oxygen atoms in total. The van der Waals surface area contributed by atoms with Gasteiger partial charge in [-0.05, 0) is 36.8 Å². The summed E-state index contributed by atoms with van der Waals surface area (Å²) in [5.41, 5.74) is 0.962. The monoisotopic (exact) mass is 394 g/mol. The Morgan fingerprint density at radius 3 is 2.19 bits per heavy atom. The fraction of sp³-hybridized carbons (Fsp3) is 0.235. The summed E-state index contributed by atoms with van der Waals surface area (Å²) in [5.74, 6) is -0.751. The van der Waals surface area contributed by atoms with Gasteiger partial charge in [0.1, 0.15) is 0 Å². The predicted molar refractivity (Wildman–Crippen MR) is 97.5 cm³/mol. The Morgan fingerprint density at radius 2 is 1.65 bits per heavy atom. The molecule has 138 valence electrons. The van der Waals surface area contributed by atoms with E-state index in [1.54, 1.807) is 6.92 Å².